The lowest BCUT2D eigenvalue weighted by molar-refractivity contribution is -0.160. The summed E-state index contributed by atoms with van der Waals surface area (Å²) in [4.78, 5) is 18.7. The Balaban J connectivity index is 2.02. The molecule has 4 heteroatoms. The van der Waals surface area contributed by atoms with E-state index in [1.807, 2.05) is 40.1 Å². The molecule has 2 heterocycles. The maximum atomic E-state index is 12.2. The van der Waals surface area contributed by atoms with Crippen molar-refractivity contribution in [3.63, 3.8) is 0 Å². The van der Waals surface area contributed by atoms with Crippen LogP contribution in [0.1, 0.15) is 44.7 Å². The molecule has 0 saturated carbocycles. The van der Waals surface area contributed by atoms with Gasteiger partial charge in [-0.25, -0.2) is 0 Å². The molecule has 0 N–H and O–H groups in total. The summed E-state index contributed by atoms with van der Waals surface area (Å²) < 4.78 is 5.52. The molecule has 0 unspecified atom stereocenters. The van der Waals surface area contributed by atoms with Crippen LogP contribution in [0.4, 0.5) is 0 Å². The fourth-order valence-electron chi connectivity index (χ4n) is 2.59. The van der Waals surface area contributed by atoms with E-state index in [-0.39, 0.29) is 12.0 Å². The van der Waals surface area contributed by atoms with E-state index in [2.05, 4.69) is 16.0 Å². The summed E-state index contributed by atoms with van der Waals surface area (Å²) in [6.45, 7) is 9.47. The number of carbonyl (C=O) groups excluding carboxylic acids is 1. The van der Waals surface area contributed by atoms with Crippen LogP contribution in [0.3, 0.4) is 0 Å². The van der Waals surface area contributed by atoms with Gasteiger partial charge in [-0.2, -0.15) is 0 Å². The predicted molar refractivity (Wildman–Crippen MR) is 78.3 cm³/mol. The molecule has 1 aliphatic rings. The van der Waals surface area contributed by atoms with Crippen LogP contribution in [-0.4, -0.2) is 34.0 Å². The number of aromatic nitrogens is 1. The summed E-state index contributed by atoms with van der Waals surface area (Å²) in [6.07, 6.45) is 5.65. The average molecular weight is 276 g/mol. The molecule has 1 saturated heterocycles. The van der Waals surface area contributed by atoms with Gasteiger partial charge in [0.15, 0.2) is 0 Å². The molecule has 0 spiro atoms. The summed E-state index contributed by atoms with van der Waals surface area (Å²) in [5.74, 6) is -0.101. The van der Waals surface area contributed by atoms with E-state index in [0.29, 0.717) is 0 Å². The number of pyridine rings is 1. The molecule has 2 rings (SSSR count). The minimum Gasteiger partial charge on any atom is -0.459 e. The Labute approximate surface area is 121 Å². The molecule has 1 atom stereocenters. The Bertz CT molecular complexity index is 480. The van der Waals surface area contributed by atoms with Gasteiger partial charge in [0.2, 0.25) is 0 Å². The van der Waals surface area contributed by atoms with E-state index >= 15 is 0 Å². The van der Waals surface area contributed by atoms with Crippen molar-refractivity contribution < 1.29 is 9.53 Å². The summed E-state index contributed by atoms with van der Waals surface area (Å²) in [6, 6.07) is 2.01. The molecule has 0 bridgehead atoms. The molecule has 1 aliphatic heterocycles. The van der Waals surface area contributed by atoms with Gasteiger partial charge in [0.1, 0.15) is 11.6 Å². The van der Waals surface area contributed by atoms with E-state index in [9.17, 15) is 4.79 Å². The molecule has 0 aliphatic carbocycles. The first-order valence-electron chi connectivity index (χ1n) is 7.22. The van der Waals surface area contributed by atoms with Crippen molar-refractivity contribution in [2.45, 2.75) is 58.7 Å². The molecule has 0 aromatic carbocycles. The van der Waals surface area contributed by atoms with E-state index in [4.69, 9.17) is 4.74 Å². The third kappa shape index (κ3) is 4.04. The lowest BCUT2D eigenvalue weighted by atomic mass is 10.1. The predicted octanol–water partition coefficient (Wildman–Crippen LogP) is 2.70. The molecule has 1 aromatic heterocycles. The SMILES string of the molecule is Cc1cncc(CN2CCC[C@@H]2C(=O)OC(C)(C)C)c1. The standard InChI is InChI=1S/C16H24N2O2/c1-12-8-13(10-17-9-12)11-18-7-5-6-14(18)15(19)20-16(2,3)4/h8-10,14H,5-7,11H2,1-4H3/t14-/m1/s1. The van der Waals surface area contributed by atoms with Gasteiger partial charge in [-0.3, -0.25) is 14.7 Å². The van der Waals surface area contributed by atoms with Gasteiger partial charge in [-0.1, -0.05) is 6.07 Å². The van der Waals surface area contributed by atoms with Crippen molar-refractivity contribution in [1.29, 1.82) is 0 Å². The van der Waals surface area contributed by atoms with Gasteiger partial charge in [-0.05, 0) is 58.2 Å². The summed E-state index contributed by atoms with van der Waals surface area (Å²) in [5.41, 5.74) is 1.88. The Morgan fingerprint density at radius 3 is 2.85 bits per heavy atom. The van der Waals surface area contributed by atoms with E-state index in [1.54, 1.807) is 0 Å². The third-order valence-corrected chi connectivity index (χ3v) is 3.36. The smallest absolute Gasteiger partial charge is 0.323 e. The van der Waals surface area contributed by atoms with E-state index in [1.165, 1.54) is 0 Å². The highest BCUT2D eigenvalue weighted by Gasteiger charge is 2.33. The number of likely N-dealkylation sites (tertiary alicyclic amines) is 1. The Morgan fingerprint density at radius 2 is 2.20 bits per heavy atom. The molecule has 20 heavy (non-hydrogen) atoms. The molecule has 110 valence electrons. The largest absolute Gasteiger partial charge is 0.459 e. The number of hydrogen-bond acceptors (Lipinski definition) is 4. The molecular formula is C16H24N2O2. The fraction of sp³-hybridized carbons (Fsp3) is 0.625. The Kier molecular flexibility index (Phi) is 4.43. The second-order valence-electron chi connectivity index (χ2n) is 6.53. The highest BCUT2D eigenvalue weighted by molar-refractivity contribution is 5.76. The zero-order valence-electron chi connectivity index (χ0n) is 12.8. The number of carbonyl (C=O) groups is 1. The van der Waals surface area contributed by atoms with E-state index < -0.39 is 5.60 Å². The zero-order chi connectivity index (χ0) is 14.8. The molecule has 0 amide bonds. The Morgan fingerprint density at radius 1 is 1.45 bits per heavy atom. The lowest BCUT2D eigenvalue weighted by Crippen LogP contribution is -2.40. The van der Waals surface area contributed by atoms with Crippen LogP contribution in [0.15, 0.2) is 18.5 Å². The number of rotatable bonds is 3. The molecule has 0 radical (unpaired) electrons. The van der Waals surface area contributed by atoms with Gasteiger partial charge in [0.25, 0.3) is 0 Å². The van der Waals surface area contributed by atoms with Crippen LogP contribution in [0.5, 0.6) is 0 Å². The number of hydrogen-bond donors (Lipinski definition) is 0. The number of esters is 1. The third-order valence-electron chi connectivity index (χ3n) is 3.36. The number of nitrogens with zero attached hydrogens (tertiary/aromatic N) is 2. The number of ether oxygens (including phenoxy) is 1. The maximum Gasteiger partial charge on any atom is 0.323 e. The van der Waals surface area contributed by atoms with Gasteiger partial charge in [0, 0.05) is 18.9 Å². The molecule has 1 aromatic rings. The summed E-state index contributed by atoms with van der Waals surface area (Å²) in [7, 11) is 0. The van der Waals surface area contributed by atoms with Crippen molar-refractivity contribution in [2.24, 2.45) is 0 Å². The minimum absolute atomic E-state index is 0.101. The van der Waals surface area contributed by atoms with Gasteiger partial charge in [-0.15, -0.1) is 0 Å². The second-order valence-corrected chi connectivity index (χ2v) is 6.53. The summed E-state index contributed by atoms with van der Waals surface area (Å²) >= 11 is 0. The van der Waals surface area contributed by atoms with Gasteiger partial charge in [0.05, 0.1) is 0 Å². The van der Waals surface area contributed by atoms with E-state index in [0.717, 1.165) is 37.1 Å². The highest BCUT2D eigenvalue weighted by Crippen LogP contribution is 2.23. The first kappa shape index (κ1) is 15.0. The van der Waals surface area contributed by atoms with Crippen molar-refractivity contribution in [2.75, 3.05) is 6.54 Å². The van der Waals surface area contributed by atoms with Gasteiger partial charge >= 0.3 is 5.97 Å². The van der Waals surface area contributed by atoms with Crippen LogP contribution in [0.2, 0.25) is 0 Å². The quantitative estimate of drug-likeness (QED) is 0.796. The Hall–Kier alpha value is -1.42. The topological polar surface area (TPSA) is 42.4 Å². The van der Waals surface area contributed by atoms with Crippen LogP contribution >= 0.6 is 0 Å². The van der Waals surface area contributed by atoms with Crippen molar-refractivity contribution >= 4 is 5.97 Å². The first-order valence-corrected chi connectivity index (χ1v) is 7.22. The zero-order valence-corrected chi connectivity index (χ0v) is 12.8. The monoisotopic (exact) mass is 276 g/mol. The van der Waals surface area contributed by atoms with Crippen LogP contribution in [0.25, 0.3) is 0 Å². The highest BCUT2D eigenvalue weighted by atomic mass is 16.6. The van der Waals surface area contributed by atoms with Crippen LogP contribution in [-0.2, 0) is 16.1 Å². The molecule has 4 nitrogen and oxygen atoms in total. The normalized spacial score (nSPS) is 20.1. The minimum atomic E-state index is -0.420. The van der Waals surface area contributed by atoms with Crippen LogP contribution < -0.4 is 0 Å². The average Bonchev–Trinajstić information content (AvgIpc) is 2.75. The second kappa shape index (κ2) is 5.92. The summed E-state index contributed by atoms with van der Waals surface area (Å²) in [5, 5.41) is 0. The van der Waals surface area contributed by atoms with Gasteiger partial charge < -0.3 is 4.74 Å². The first-order chi connectivity index (χ1) is 9.35. The van der Waals surface area contributed by atoms with Crippen molar-refractivity contribution in [3.05, 3.63) is 29.6 Å². The fourth-order valence-corrected chi connectivity index (χ4v) is 2.59. The van der Waals surface area contributed by atoms with Crippen molar-refractivity contribution in [3.8, 4) is 0 Å². The number of aryl methyl sites for hydroxylation is 1. The molecule has 1 fully saturated rings. The van der Waals surface area contributed by atoms with Crippen LogP contribution in [0, 0.1) is 6.92 Å². The lowest BCUT2D eigenvalue weighted by Gasteiger charge is -2.27. The maximum absolute atomic E-state index is 12.2. The molecular weight excluding hydrogens is 252 g/mol. The van der Waals surface area contributed by atoms with Crippen molar-refractivity contribution in [1.82, 2.24) is 9.88 Å².